The lowest BCUT2D eigenvalue weighted by Gasteiger charge is -2.18. The molecule has 0 unspecified atom stereocenters. The van der Waals surface area contributed by atoms with E-state index in [0.717, 1.165) is 111 Å². The van der Waals surface area contributed by atoms with Gasteiger partial charge in [0.2, 0.25) is 0 Å². The van der Waals surface area contributed by atoms with E-state index in [-0.39, 0.29) is 0 Å². The molecule has 0 atom stereocenters. The molecule has 0 radical (unpaired) electrons. The Balaban J connectivity index is 0.795. The molecule has 101 heavy (non-hydrogen) atoms. The highest BCUT2D eigenvalue weighted by Crippen LogP contribution is 2.45. The SMILES string of the molecule is c1ccc(-c2nc(-c3cccc(-n4c5ccccc5c5ccccc54)c3)nc(-c3ccc(-n4c5ccc(-c6ccc7c(c6)c6ccccc6n7-c6ccccc6)cc5c5cc(-c6ccc7c(c6)c6ccccc6n7-c6ccccc6)ccc54)c(-n4c5ccccc5c5ccccc54)c3)n2)cc1. The van der Waals surface area contributed by atoms with E-state index >= 15 is 0 Å². The first-order valence-electron chi connectivity index (χ1n) is 34.4. The molecule has 15 aromatic carbocycles. The molecule has 0 fully saturated rings. The van der Waals surface area contributed by atoms with Gasteiger partial charge in [0.05, 0.1) is 66.5 Å². The van der Waals surface area contributed by atoms with Crippen LogP contribution in [-0.4, -0.2) is 37.8 Å². The number of hydrogen-bond acceptors (Lipinski definition) is 3. The molecular weight excluding hydrogens is 1230 g/mol. The van der Waals surface area contributed by atoms with Crippen LogP contribution in [0.15, 0.2) is 352 Å². The average Bonchev–Trinajstić information content (AvgIpc) is 1.58. The first kappa shape index (κ1) is 56.5. The van der Waals surface area contributed by atoms with Gasteiger partial charge in [-0.05, 0) is 162 Å². The van der Waals surface area contributed by atoms with E-state index in [2.05, 4.69) is 356 Å². The summed E-state index contributed by atoms with van der Waals surface area (Å²) in [6, 6.07) is 128. The molecule has 0 saturated carbocycles. The fourth-order valence-corrected chi connectivity index (χ4v) is 16.2. The first-order valence-corrected chi connectivity index (χ1v) is 34.4. The highest BCUT2D eigenvalue weighted by Gasteiger charge is 2.25. The first-order chi connectivity index (χ1) is 50.1. The number of nitrogens with zero attached hydrogens (tertiary/aromatic N) is 8. The standard InChI is InChI=1S/C93H58N8/c1-4-23-59(24-5-1)91-94-92(64-25-22-30-68(53-64)99-79-37-16-10-31-69(79)70-32-11-17-38-80(70)99)96-93(95-91)65-47-52-89(90(58-65)101-83-41-20-12-33-71(83)72-34-13-21-42-84(72)101)100-87-50-45-62(60-43-48-85-75(54-60)73-35-14-18-39-81(73)97(85)66-26-6-2-7-27-66)56-77(87)78-57-63(46-51-88(78)100)61-44-49-86-76(55-61)74-36-15-19-40-82(74)98(86)67-28-8-3-9-29-67/h1-58H. The highest BCUT2D eigenvalue weighted by molar-refractivity contribution is 6.16. The third-order valence-electron chi connectivity index (χ3n) is 20.7. The fraction of sp³-hybridized carbons (Fsp3) is 0. The Hall–Kier alpha value is -13.7. The van der Waals surface area contributed by atoms with Gasteiger partial charge < -0.3 is 22.8 Å². The maximum atomic E-state index is 5.52. The molecule has 0 spiro atoms. The quantitative estimate of drug-likeness (QED) is 0.137. The maximum Gasteiger partial charge on any atom is 0.164 e. The molecule has 8 heteroatoms. The smallest absolute Gasteiger partial charge is 0.164 e. The number of hydrogen-bond donors (Lipinski definition) is 0. The van der Waals surface area contributed by atoms with E-state index < -0.39 is 0 Å². The Labute approximate surface area is 580 Å². The van der Waals surface area contributed by atoms with Crippen LogP contribution >= 0.6 is 0 Å². The zero-order valence-electron chi connectivity index (χ0n) is 54.6. The molecule has 6 heterocycles. The number of benzene rings is 15. The van der Waals surface area contributed by atoms with Crippen molar-refractivity contribution in [3.8, 4) is 84.9 Å². The monoisotopic (exact) mass is 1290 g/mol. The lowest BCUT2D eigenvalue weighted by Crippen LogP contribution is -2.05. The summed E-state index contributed by atoms with van der Waals surface area (Å²) >= 11 is 0. The third kappa shape index (κ3) is 8.85. The van der Waals surface area contributed by atoms with E-state index in [0.29, 0.717) is 17.5 Å². The second kappa shape index (κ2) is 22.4. The summed E-state index contributed by atoms with van der Waals surface area (Å²) in [6.45, 7) is 0. The number of rotatable bonds is 10. The van der Waals surface area contributed by atoms with Gasteiger partial charge in [0.1, 0.15) is 0 Å². The summed E-state index contributed by atoms with van der Waals surface area (Å²) < 4.78 is 12.1. The van der Waals surface area contributed by atoms with Crippen LogP contribution in [0.2, 0.25) is 0 Å². The largest absolute Gasteiger partial charge is 0.309 e. The number of fused-ring (bicyclic) bond motifs is 15. The zero-order chi connectivity index (χ0) is 66.2. The Morgan fingerprint density at radius 1 is 0.149 bits per heavy atom. The lowest BCUT2D eigenvalue weighted by molar-refractivity contribution is 1.06. The maximum absolute atomic E-state index is 5.52. The Morgan fingerprint density at radius 2 is 0.416 bits per heavy atom. The van der Waals surface area contributed by atoms with Gasteiger partial charge in [0.25, 0.3) is 0 Å². The van der Waals surface area contributed by atoms with Gasteiger partial charge in [-0.1, -0.05) is 212 Å². The molecule has 8 nitrogen and oxygen atoms in total. The molecule has 21 rings (SSSR count). The van der Waals surface area contributed by atoms with Crippen LogP contribution < -0.4 is 0 Å². The third-order valence-corrected chi connectivity index (χ3v) is 20.7. The van der Waals surface area contributed by atoms with Crippen LogP contribution in [0.1, 0.15) is 0 Å². The van der Waals surface area contributed by atoms with E-state index in [9.17, 15) is 0 Å². The van der Waals surface area contributed by atoms with Gasteiger partial charge in [-0.3, -0.25) is 0 Å². The Morgan fingerprint density at radius 3 is 0.832 bits per heavy atom. The summed E-state index contributed by atoms with van der Waals surface area (Å²) in [5.41, 5.74) is 23.8. The number of aromatic nitrogens is 8. The Kier molecular flexibility index (Phi) is 12.5. The second-order valence-corrected chi connectivity index (χ2v) is 26.3. The zero-order valence-corrected chi connectivity index (χ0v) is 54.6. The normalized spacial score (nSPS) is 12.0. The minimum absolute atomic E-state index is 0.564. The predicted octanol–water partition coefficient (Wildman–Crippen LogP) is 23.7. The molecule has 6 aromatic heterocycles. The summed E-state index contributed by atoms with van der Waals surface area (Å²) in [7, 11) is 0. The summed E-state index contributed by atoms with van der Waals surface area (Å²) in [5, 5.41) is 11.9. The summed E-state index contributed by atoms with van der Waals surface area (Å²) in [6.07, 6.45) is 0. The van der Waals surface area contributed by atoms with Crippen molar-refractivity contribution in [1.82, 2.24) is 37.8 Å². The fourth-order valence-electron chi connectivity index (χ4n) is 16.2. The summed E-state index contributed by atoms with van der Waals surface area (Å²) in [5.74, 6) is 1.73. The van der Waals surface area contributed by atoms with Crippen molar-refractivity contribution in [1.29, 1.82) is 0 Å². The molecular formula is C93H58N8. The van der Waals surface area contributed by atoms with Crippen molar-refractivity contribution in [2.24, 2.45) is 0 Å². The van der Waals surface area contributed by atoms with Crippen LogP contribution in [0, 0.1) is 0 Å². The van der Waals surface area contributed by atoms with Crippen LogP contribution in [-0.2, 0) is 0 Å². The molecule has 0 N–H and O–H groups in total. The van der Waals surface area contributed by atoms with E-state index in [4.69, 9.17) is 15.0 Å². The highest BCUT2D eigenvalue weighted by atomic mass is 15.1. The molecule has 470 valence electrons. The van der Waals surface area contributed by atoms with Crippen molar-refractivity contribution in [2.75, 3.05) is 0 Å². The minimum atomic E-state index is 0.564. The van der Waals surface area contributed by atoms with E-state index in [1.807, 2.05) is 18.2 Å². The average molecular weight is 1290 g/mol. The Bertz CT molecular complexity index is 6630. The van der Waals surface area contributed by atoms with Gasteiger partial charge in [0.15, 0.2) is 17.5 Å². The molecule has 21 aromatic rings. The van der Waals surface area contributed by atoms with Gasteiger partial charge in [-0.25, -0.2) is 15.0 Å². The van der Waals surface area contributed by atoms with Gasteiger partial charge in [0, 0.05) is 87.6 Å². The van der Waals surface area contributed by atoms with E-state index in [1.165, 1.54) is 65.2 Å². The van der Waals surface area contributed by atoms with Crippen LogP contribution in [0.5, 0.6) is 0 Å². The predicted molar refractivity (Wildman–Crippen MR) is 419 cm³/mol. The molecule has 0 bridgehead atoms. The topological polar surface area (TPSA) is 63.3 Å². The second-order valence-electron chi connectivity index (χ2n) is 26.3. The van der Waals surface area contributed by atoms with Crippen LogP contribution in [0.3, 0.4) is 0 Å². The van der Waals surface area contributed by atoms with Crippen LogP contribution in [0.25, 0.3) is 194 Å². The van der Waals surface area contributed by atoms with Crippen molar-refractivity contribution in [3.05, 3.63) is 352 Å². The van der Waals surface area contributed by atoms with Gasteiger partial charge in [-0.2, -0.15) is 0 Å². The lowest BCUT2D eigenvalue weighted by atomic mass is 9.98. The molecule has 0 amide bonds. The van der Waals surface area contributed by atoms with Gasteiger partial charge >= 0.3 is 0 Å². The summed E-state index contributed by atoms with van der Waals surface area (Å²) in [4.78, 5) is 16.3. The van der Waals surface area contributed by atoms with Crippen molar-refractivity contribution < 1.29 is 0 Å². The van der Waals surface area contributed by atoms with Crippen molar-refractivity contribution in [3.63, 3.8) is 0 Å². The van der Waals surface area contributed by atoms with Gasteiger partial charge in [-0.15, -0.1) is 0 Å². The van der Waals surface area contributed by atoms with E-state index in [1.54, 1.807) is 0 Å². The molecule has 0 aliphatic carbocycles. The van der Waals surface area contributed by atoms with Crippen molar-refractivity contribution in [2.45, 2.75) is 0 Å². The minimum Gasteiger partial charge on any atom is -0.309 e. The molecule has 0 aliphatic rings. The molecule has 0 aliphatic heterocycles. The number of para-hydroxylation sites is 8. The van der Waals surface area contributed by atoms with Crippen molar-refractivity contribution >= 4 is 109 Å². The van der Waals surface area contributed by atoms with Crippen LogP contribution in [0.4, 0.5) is 0 Å². The molecule has 0 saturated heterocycles.